The van der Waals surface area contributed by atoms with Gasteiger partial charge in [0, 0.05) is 17.5 Å². The lowest BCUT2D eigenvalue weighted by Gasteiger charge is -2.13. The number of fused-ring (bicyclic) bond motifs is 1. The van der Waals surface area contributed by atoms with Crippen molar-refractivity contribution in [3.63, 3.8) is 0 Å². The Hall–Kier alpha value is -1.84. The van der Waals surface area contributed by atoms with Gasteiger partial charge in [-0.25, -0.2) is 0 Å². The van der Waals surface area contributed by atoms with E-state index in [1.54, 1.807) is 6.20 Å². The predicted molar refractivity (Wildman–Crippen MR) is 70.4 cm³/mol. The molecule has 0 unspecified atom stereocenters. The summed E-state index contributed by atoms with van der Waals surface area (Å²) in [4.78, 5) is 12.1. The molecule has 3 rings (SSSR count). The van der Waals surface area contributed by atoms with Crippen LogP contribution in [0.3, 0.4) is 0 Å². The Morgan fingerprint density at radius 2 is 2.33 bits per heavy atom. The quantitative estimate of drug-likeness (QED) is 0.866. The number of rotatable bonds is 4. The molecule has 4 nitrogen and oxygen atoms in total. The van der Waals surface area contributed by atoms with Gasteiger partial charge in [-0.1, -0.05) is 13.0 Å². The smallest absolute Gasteiger partial charge is 0.251 e. The van der Waals surface area contributed by atoms with Crippen molar-refractivity contribution >= 4 is 16.8 Å². The SMILES string of the molecule is CCC1(CNC(=O)c2ccc3cn[nH]c3c2)CC1. The lowest BCUT2D eigenvalue weighted by molar-refractivity contribution is 0.0944. The van der Waals surface area contributed by atoms with Crippen LogP contribution >= 0.6 is 0 Å². The number of H-pyrrole nitrogens is 1. The minimum atomic E-state index is 0.00576. The average molecular weight is 243 g/mol. The number of carbonyl (C=O) groups excluding carboxylic acids is 1. The number of carbonyl (C=O) groups is 1. The van der Waals surface area contributed by atoms with Crippen molar-refractivity contribution < 1.29 is 4.79 Å². The van der Waals surface area contributed by atoms with Gasteiger partial charge in [-0.05, 0) is 36.8 Å². The summed E-state index contributed by atoms with van der Waals surface area (Å²) < 4.78 is 0. The molecular formula is C14H17N3O. The number of hydrogen-bond acceptors (Lipinski definition) is 2. The van der Waals surface area contributed by atoms with Crippen LogP contribution in [0, 0.1) is 5.41 Å². The lowest BCUT2D eigenvalue weighted by atomic mass is 10.0. The first-order chi connectivity index (χ1) is 8.72. The highest BCUT2D eigenvalue weighted by Gasteiger charge is 2.40. The second-order valence-electron chi connectivity index (χ2n) is 5.21. The first-order valence-corrected chi connectivity index (χ1v) is 6.44. The zero-order valence-corrected chi connectivity index (χ0v) is 10.5. The molecule has 1 aromatic carbocycles. The Morgan fingerprint density at radius 3 is 3.06 bits per heavy atom. The molecule has 1 fully saturated rings. The molecule has 0 atom stereocenters. The van der Waals surface area contributed by atoms with E-state index in [0.29, 0.717) is 11.0 Å². The number of benzene rings is 1. The van der Waals surface area contributed by atoms with Crippen molar-refractivity contribution in [1.82, 2.24) is 15.5 Å². The summed E-state index contributed by atoms with van der Waals surface area (Å²) in [7, 11) is 0. The summed E-state index contributed by atoms with van der Waals surface area (Å²) in [6.07, 6.45) is 5.38. The molecule has 1 saturated carbocycles. The molecule has 0 spiro atoms. The molecule has 18 heavy (non-hydrogen) atoms. The third-order valence-electron chi connectivity index (χ3n) is 4.04. The van der Waals surface area contributed by atoms with E-state index in [1.165, 1.54) is 12.8 Å². The second kappa shape index (κ2) is 4.12. The number of nitrogens with zero attached hydrogens (tertiary/aromatic N) is 1. The van der Waals surface area contributed by atoms with Crippen LogP contribution in [0.25, 0.3) is 10.9 Å². The minimum absolute atomic E-state index is 0.00576. The van der Waals surface area contributed by atoms with Crippen molar-refractivity contribution in [2.45, 2.75) is 26.2 Å². The zero-order valence-electron chi connectivity index (χ0n) is 10.5. The fraction of sp³-hybridized carbons (Fsp3) is 0.429. The summed E-state index contributed by atoms with van der Waals surface area (Å²) in [5.41, 5.74) is 1.98. The number of aromatic nitrogens is 2. The summed E-state index contributed by atoms with van der Waals surface area (Å²) in [6, 6.07) is 5.61. The van der Waals surface area contributed by atoms with Gasteiger partial charge in [-0.2, -0.15) is 5.10 Å². The van der Waals surface area contributed by atoms with Gasteiger partial charge in [0.2, 0.25) is 0 Å². The number of aromatic amines is 1. The van der Waals surface area contributed by atoms with E-state index < -0.39 is 0 Å². The van der Waals surface area contributed by atoms with Crippen molar-refractivity contribution in [2.75, 3.05) is 6.54 Å². The molecule has 1 aromatic heterocycles. The van der Waals surface area contributed by atoms with Crippen LogP contribution in [0.15, 0.2) is 24.4 Å². The lowest BCUT2D eigenvalue weighted by Crippen LogP contribution is -2.29. The van der Waals surface area contributed by atoms with Crippen LogP contribution < -0.4 is 5.32 Å². The van der Waals surface area contributed by atoms with Gasteiger partial charge in [0.15, 0.2) is 0 Å². The zero-order chi connectivity index (χ0) is 12.6. The van der Waals surface area contributed by atoms with Crippen LogP contribution in [-0.4, -0.2) is 22.6 Å². The third kappa shape index (κ3) is 1.98. The molecule has 2 N–H and O–H groups in total. The van der Waals surface area contributed by atoms with Crippen LogP contribution in [0.4, 0.5) is 0 Å². The van der Waals surface area contributed by atoms with Gasteiger partial charge in [0.1, 0.15) is 0 Å². The molecule has 94 valence electrons. The summed E-state index contributed by atoms with van der Waals surface area (Å²) >= 11 is 0. The Balaban J connectivity index is 1.71. The Labute approximate surface area is 106 Å². The topological polar surface area (TPSA) is 57.8 Å². The van der Waals surface area contributed by atoms with Gasteiger partial charge >= 0.3 is 0 Å². The maximum Gasteiger partial charge on any atom is 0.251 e. The maximum absolute atomic E-state index is 12.1. The molecule has 1 heterocycles. The Kier molecular flexibility index (Phi) is 2.58. The standard InChI is InChI=1S/C14H17N3O/c1-2-14(5-6-14)9-15-13(18)10-3-4-11-8-16-17-12(11)7-10/h3-4,7-8H,2,5-6,9H2,1H3,(H,15,18)(H,16,17). The fourth-order valence-corrected chi connectivity index (χ4v) is 2.28. The molecule has 2 aromatic rings. The van der Waals surface area contributed by atoms with Gasteiger partial charge in [-0.3, -0.25) is 9.89 Å². The second-order valence-corrected chi connectivity index (χ2v) is 5.21. The Morgan fingerprint density at radius 1 is 1.50 bits per heavy atom. The highest BCUT2D eigenvalue weighted by molar-refractivity contribution is 5.97. The largest absolute Gasteiger partial charge is 0.351 e. The van der Waals surface area contributed by atoms with Crippen molar-refractivity contribution in [2.24, 2.45) is 5.41 Å². The van der Waals surface area contributed by atoms with E-state index in [4.69, 9.17) is 0 Å². The van der Waals surface area contributed by atoms with Crippen LogP contribution in [0.1, 0.15) is 36.5 Å². The molecule has 1 aliphatic carbocycles. The normalized spacial score (nSPS) is 16.7. The first-order valence-electron chi connectivity index (χ1n) is 6.44. The average Bonchev–Trinajstić information content (AvgIpc) is 3.04. The third-order valence-corrected chi connectivity index (χ3v) is 4.04. The predicted octanol–water partition coefficient (Wildman–Crippen LogP) is 2.48. The van der Waals surface area contributed by atoms with Crippen molar-refractivity contribution in [1.29, 1.82) is 0 Å². The van der Waals surface area contributed by atoms with Crippen molar-refractivity contribution in [3.05, 3.63) is 30.0 Å². The van der Waals surface area contributed by atoms with Crippen LogP contribution in [0.5, 0.6) is 0 Å². The number of amides is 1. The molecule has 4 heteroatoms. The van der Waals surface area contributed by atoms with E-state index in [0.717, 1.165) is 23.9 Å². The highest BCUT2D eigenvalue weighted by Crippen LogP contribution is 2.47. The van der Waals surface area contributed by atoms with Gasteiger partial charge in [0.25, 0.3) is 5.91 Å². The molecular weight excluding hydrogens is 226 g/mol. The van der Waals surface area contributed by atoms with Gasteiger partial charge in [0.05, 0.1) is 11.7 Å². The number of nitrogens with one attached hydrogen (secondary N) is 2. The molecule has 0 bridgehead atoms. The maximum atomic E-state index is 12.1. The Bertz CT molecular complexity index is 583. The summed E-state index contributed by atoms with van der Waals surface area (Å²) in [5, 5.41) is 10.9. The van der Waals surface area contributed by atoms with E-state index in [9.17, 15) is 4.79 Å². The van der Waals surface area contributed by atoms with E-state index in [1.807, 2.05) is 18.2 Å². The number of hydrogen-bond donors (Lipinski definition) is 2. The molecule has 0 saturated heterocycles. The summed E-state index contributed by atoms with van der Waals surface area (Å²) in [5.74, 6) is 0.00576. The van der Waals surface area contributed by atoms with Crippen LogP contribution in [0.2, 0.25) is 0 Å². The monoisotopic (exact) mass is 243 g/mol. The van der Waals surface area contributed by atoms with E-state index in [2.05, 4.69) is 22.4 Å². The van der Waals surface area contributed by atoms with E-state index >= 15 is 0 Å². The molecule has 0 radical (unpaired) electrons. The minimum Gasteiger partial charge on any atom is -0.351 e. The molecule has 1 amide bonds. The van der Waals surface area contributed by atoms with Crippen molar-refractivity contribution in [3.8, 4) is 0 Å². The highest BCUT2D eigenvalue weighted by atomic mass is 16.1. The van der Waals surface area contributed by atoms with Crippen LogP contribution in [-0.2, 0) is 0 Å². The summed E-state index contributed by atoms with van der Waals surface area (Å²) in [6.45, 7) is 2.99. The van der Waals surface area contributed by atoms with E-state index in [-0.39, 0.29) is 5.91 Å². The molecule has 1 aliphatic rings. The first kappa shape index (κ1) is 11.3. The van der Waals surface area contributed by atoms with Gasteiger partial charge in [-0.15, -0.1) is 0 Å². The molecule has 0 aliphatic heterocycles. The van der Waals surface area contributed by atoms with Gasteiger partial charge < -0.3 is 5.32 Å². The fourth-order valence-electron chi connectivity index (χ4n) is 2.28.